The minimum atomic E-state index is -0.412. The van der Waals surface area contributed by atoms with Crippen molar-refractivity contribution in [2.24, 2.45) is 11.7 Å². The maximum atomic E-state index is 13.3. The summed E-state index contributed by atoms with van der Waals surface area (Å²) < 4.78 is 13.7. The lowest BCUT2D eigenvalue weighted by Crippen LogP contribution is -2.29. The smallest absolute Gasteiger partial charge is 0.253 e. The largest absolute Gasteiger partial charge is 0.338 e. The highest BCUT2D eigenvalue weighted by atomic mass is 79.9. The molecule has 1 aliphatic heterocycles. The van der Waals surface area contributed by atoms with Crippen molar-refractivity contribution in [3.63, 3.8) is 0 Å². The van der Waals surface area contributed by atoms with E-state index in [1.807, 2.05) is 0 Å². The molecule has 1 fully saturated rings. The molecule has 92 valence electrons. The minimum Gasteiger partial charge on any atom is -0.338 e. The van der Waals surface area contributed by atoms with E-state index in [1.165, 1.54) is 6.07 Å². The Bertz CT molecular complexity index is 439. The van der Waals surface area contributed by atoms with Gasteiger partial charge in [-0.3, -0.25) is 4.79 Å². The standard InChI is InChI=1S/C12H14BrFN2O/c13-10-2-1-9(5-11(10)14)12(17)16-4-3-8(6-15)7-16/h1-2,5,8H,3-4,6-7,15H2. The van der Waals surface area contributed by atoms with E-state index in [0.29, 0.717) is 35.6 Å². The lowest BCUT2D eigenvalue weighted by molar-refractivity contribution is 0.0787. The van der Waals surface area contributed by atoms with E-state index < -0.39 is 5.82 Å². The Labute approximate surface area is 108 Å². The number of likely N-dealkylation sites (tertiary alicyclic amines) is 1. The van der Waals surface area contributed by atoms with Crippen LogP contribution in [-0.2, 0) is 0 Å². The third-order valence-electron chi connectivity index (χ3n) is 3.07. The van der Waals surface area contributed by atoms with Gasteiger partial charge in [0, 0.05) is 18.7 Å². The van der Waals surface area contributed by atoms with Crippen LogP contribution in [0.25, 0.3) is 0 Å². The molecule has 5 heteroatoms. The van der Waals surface area contributed by atoms with Gasteiger partial charge in [-0.25, -0.2) is 4.39 Å². The Kier molecular flexibility index (Phi) is 3.79. The molecule has 2 rings (SSSR count). The van der Waals surface area contributed by atoms with Crippen molar-refractivity contribution < 1.29 is 9.18 Å². The highest BCUT2D eigenvalue weighted by Crippen LogP contribution is 2.21. The van der Waals surface area contributed by atoms with Crippen molar-refractivity contribution in [1.29, 1.82) is 0 Å². The van der Waals surface area contributed by atoms with E-state index in [2.05, 4.69) is 15.9 Å². The number of rotatable bonds is 2. The molecule has 0 spiro atoms. The first-order valence-electron chi connectivity index (χ1n) is 5.56. The van der Waals surface area contributed by atoms with Crippen molar-refractivity contribution in [2.75, 3.05) is 19.6 Å². The molecule has 0 aromatic heterocycles. The van der Waals surface area contributed by atoms with E-state index in [1.54, 1.807) is 17.0 Å². The number of hydrogen-bond acceptors (Lipinski definition) is 2. The first-order chi connectivity index (χ1) is 8.11. The molecule has 1 aromatic rings. The van der Waals surface area contributed by atoms with Crippen molar-refractivity contribution in [3.05, 3.63) is 34.1 Å². The molecule has 1 unspecified atom stereocenters. The van der Waals surface area contributed by atoms with Crippen molar-refractivity contribution in [3.8, 4) is 0 Å². The molecular weight excluding hydrogens is 287 g/mol. The van der Waals surface area contributed by atoms with Gasteiger partial charge in [0.15, 0.2) is 0 Å². The number of halogens is 2. The normalized spacial score (nSPS) is 19.7. The Hall–Kier alpha value is -0.940. The molecule has 3 nitrogen and oxygen atoms in total. The Morgan fingerprint density at radius 3 is 2.94 bits per heavy atom. The zero-order chi connectivity index (χ0) is 12.4. The average Bonchev–Trinajstić information content (AvgIpc) is 2.80. The molecular formula is C12H14BrFN2O. The first kappa shape index (κ1) is 12.5. The average molecular weight is 301 g/mol. The summed E-state index contributed by atoms with van der Waals surface area (Å²) in [6, 6.07) is 4.45. The maximum absolute atomic E-state index is 13.3. The Morgan fingerprint density at radius 1 is 1.59 bits per heavy atom. The molecule has 1 amide bonds. The van der Waals surface area contributed by atoms with Crippen molar-refractivity contribution >= 4 is 21.8 Å². The zero-order valence-electron chi connectivity index (χ0n) is 9.33. The Morgan fingerprint density at radius 2 is 2.35 bits per heavy atom. The van der Waals surface area contributed by atoms with Crippen LogP contribution >= 0.6 is 15.9 Å². The molecule has 1 aromatic carbocycles. The molecule has 17 heavy (non-hydrogen) atoms. The zero-order valence-corrected chi connectivity index (χ0v) is 10.9. The number of amides is 1. The highest BCUT2D eigenvalue weighted by molar-refractivity contribution is 9.10. The number of carbonyl (C=O) groups is 1. The summed E-state index contributed by atoms with van der Waals surface area (Å²) in [4.78, 5) is 13.8. The molecule has 1 heterocycles. The van der Waals surface area contributed by atoms with Gasteiger partial charge in [-0.1, -0.05) is 0 Å². The summed E-state index contributed by atoms with van der Waals surface area (Å²) in [5.74, 6) is -0.156. The van der Waals surface area contributed by atoms with E-state index >= 15 is 0 Å². The predicted octanol–water partition coefficient (Wildman–Crippen LogP) is 2.01. The number of benzene rings is 1. The summed E-state index contributed by atoms with van der Waals surface area (Å²) in [6.45, 7) is 1.98. The molecule has 1 saturated heterocycles. The second kappa shape index (κ2) is 5.14. The van der Waals surface area contributed by atoms with Crippen LogP contribution < -0.4 is 5.73 Å². The van der Waals surface area contributed by atoms with Crippen LogP contribution in [0.2, 0.25) is 0 Å². The molecule has 2 N–H and O–H groups in total. The van der Waals surface area contributed by atoms with Crippen LogP contribution in [0.15, 0.2) is 22.7 Å². The monoisotopic (exact) mass is 300 g/mol. The first-order valence-corrected chi connectivity index (χ1v) is 6.35. The third-order valence-corrected chi connectivity index (χ3v) is 3.72. The minimum absolute atomic E-state index is 0.118. The van der Waals surface area contributed by atoms with Gasteiger partial charge >= 0.3 is 0 Å². The SMILES string of the molecule is NCC1CCN(C(=O)c2ccc(Br)c(F)c2)C1. The van der Waals surface area contributed by atoms with Gasteiger partial charge in [0.25, 0.3) is 5.91 Å². The second-order valence-corrected chi connectivity index (χ2v) is 5.12. The van der Waals surface area contributed by atoms with Crippen LogP contribution in [0.4, 0.5) is 4.39 Å². The quantitative estimate of drug-likeness (QED) is 0.908. The van der Waals surface area contributed by atoms with Crippen molar-refractivity contribution in [1.82, 2.24) is 4.90 Å². The fourth-order valence-electron chi connectivity index (χ4n) is 2.02. The van der Waals surface area contributed by atoms with E-state index in [4.69, 9.17) is 5.73 Å². The van der Waals surface area contributed by atoms with Gasteiger partial charge in [-0.15, -0.1) is 0 Å². The lowest BCUT2D eigenvalue weighted by Gasteiger charge is -2.16. The number of carbonyl (C=O) groups excluding carboxylic acids is 1. The number of hydrogen-bond donors (Lipinski definition) is 1. The van der Waals surface area contributed by atoms with Gasteiger partial charge in [0.2, 0.25) is 0 Å². The number of nitrogens with zero attached hydrogens (tertiary/aromatic N) is 1. The molecule has 0 aliphatic carbocycles. The van der Waals surface area contributed by atoms with Crippen LogP contribution in [0.5, 0.6) is 0 Å². The summed E-state index contributed by atoms with van der Waals surface area (Å²) in [7, 11) is 0. The van der Waals surface area contributed by atoms with Gasteiger partial charge in [0.05, 0.1) is 4.47 Å². The summed E-state index contributed by atoms with van der Waals surface area (Å²) in [5.41, 5.74) is 5.97. The van der Waals surface area contributed by atoms with Gasteiger partial charge in [-0.05, 0) is 53.0 Å². The summed E-state index contributed by atoms with van der Waals surface area (Å²) in [6.07, 6.45) is 0.932. The molecule has 0 bridgehead atoms. The summed E-state index contributed by atoms with van der Waals surface area (Å²) >= 11 is 3.07. The van der Waals surface area contributed by atoms with Gasteiger partial charge in [0.1, 0.15) is 5.82 Å². The molecule has 0 saturated carbocycles. The summed E-state index contributed by atoms with van der Waals surface area (Å²) in [5, 5.41) is 0. The molecule has 1 atom stereocenters. The second-order valence-electron chi connectivity index (χ2n) is 4.27. The maximum Gasteiger partial charge on any atom is 0.253 e. The van der Waals surface area contributed by atoms with Crippen LogP contribution in [0.3, 0.4) is 0 Å². The lowest BCUT2D eigenvalue weighted by atomic mass is 10.1. The molecule has 0 radical (unpaired) electrons. The van der Waals surface area contributed by atoms with Crippen molar-refractivity contribution in [2.45, 2.75) is 6.42 Å². The fraction of sp³-hybridized carbons (Fsp3) is 0.417. The van der Waals surface area contributed by atoms with Crippen LogP contribution in [-0.4, -0.2) is 30.4 Å². The predicted molar refractivity (Wildman–Crippen MR) is 67.2 cm³/mol. The Balaban J connectivity index is 2.12. The topological polar surface area (TPSA) is 46.3 Å². The van der Waals surface area contributed by atoms with E-state index in [0.717, 1.165) is 6.42 Å². The van der Waals surface area contributed by atoms with Gasteiger partial charge < -0.3 is 10.6 Å². The third kappa shape index (κ3) is 2.66. The molecule has 1 aliphatic rings. The fourth-order valence-corrected chi connectivity index (χ4v) is 2.27. The van der Waals surface area contributed by atoms with Gasteiger partial charge in [-0.2, -0.15) is 0 Å². The van der Waals surface area contributed by atoms with E-state index in [9.17, 15) is 9.18 Å². The van der Waals surface area contributed by atoms with E-state index in [-0.39, 0.29) is 5.91 Å². The van der Waals surface area contributed by atoms with Crippen LogP contribution in [0, 0.1) is 11.7 Å². The number of nitrogens with two attached hydrogens (primary N) is 1. The van der Waals surface area contributed by atoms with Crippen LogP contribution in [0.1, 0.15) is 16.8 Å². The highest BCUT2D eigenvalue weighted by Gasteiger charge is 2.26.